The monoisotopic (exact) mass is 374 g/mol. The highest BCUT2D eigenvalue weighted by Gasteiger charge is 2.11. The Morgan fingerprint density at radius 3 is 2.41 bits per heavy atom. The second kappa shape index (κ2) is 14.3. The summed E-state index contributed by atoms with van der Waals surface area (Å²) in [4.78, 5) is 5.76. The van der Waals surface area contributed by atoms with E-state index in [4.69, 9.17) is 17.2 Å². The van der Waals surface area contributed by atoms with Crippen LogP contribution in [0.2, 0.25) is 0 Å². The molecule has 0 unspecified atom stereocenters. The molecular weight excluding hydrogens is 340 g/mol. The molecule has 0 fully saturated rings. The zero-order valence-electron chi connectivity index (χ0n) is 16.7. The molecule has 27 heavy (non-hydrogen) atoms. The molecule has 0 amide bonds. The number of para-hydroxylation sites is 1. The fraction of sp³-hybridized carbons (Fsp3) is 0.350. The summed E-state index contributed by atoms with van der Waals surface area (Å²) in [7, 11) is 1.75. The van der Waals surface area contributed by atoms with E-state index in [9.17, 15) is 5.11 Å². The Morgan fingerprint density at radius 1 is 1.30 bits per heavy atom. The molecule has 0 saturated carbocycles. The average molecular weight is 375 g/mol. The minimum atomic E-state index is 0.135. The van der Waals surface area contributed by atoms with Gasteiger partial charge in [-0.3, -0.25) is 4.99 Å². The third-order valence-electron chi connectivity index (χ3n) is 3.57. The lowest BCUT2D eigenvalue weighted by atomic mass is 10.1. The van der Waals surface area contributed by atoms with Crippen LogP contribution in [0.1, 0.15) is 25.8 Å². The first kappa shape index (κ1) is 24.1. The van der Waals surface area contributed by atoms with Gasteiger partial charge in [0.1, 0.15) is 11.6 Å². The van der Waals surface area contributed by atoms with Crippen molar-refractivity contribution in [2.24, 2.45) is 22.2 Å². The third kappa shape index (κ3) is 8.82. The van der Waals surface area contributed by atoms with Gasteiger partial charge in [0.25, 0.3) is 0 Å². The van der Waals surface area contributed by atoms with Gasteiger partial charge in [-0.1, -0.05) is 25.6 Å². The second-order valence-electron chi connectivity index (χ2n) is 5.46. The molecule has 1 aromatic rings. The smallest absolute Gasteiger partial charge is 0.124 e. The van der Waals surface area contributed by atoms with Crippen LogP contribution in [0.25, 0.3) is 5.70 Å². The van der Waals surface area contributed by atoms with Crippen LogP contribution in [0.5, 0.6) is 5.75 Å². The number of nitrogens with zero attached hydrogens (tertiary/aromatic N) is 2. The molecule has 0 aliphatic heterocycles. The van der Waals surface area contributed by atoms with Gasteiger partial charge in [0, 0.05) is 50.4 Å². The van der Waals surface area contributed by atoms with E-state index in [-0.39, 0.29) is 5.75 Å². The molecule has 0 aliphatic rings. The van der Waals surface area contributed by atoms with Crippen LogP contribution in [-0.4, -0.2) is 42.9 Å². The highest BCUT2D eigenvalue weighted by atomic mass is 16.3. The van der Waals surface area contributed by atoms with Crippen molar-refractivity contribution in [1.29, 1.82) is 0 Å². The summed E-state index contributed by atoms with van der Waals surface area (Å²) in [5.41, 5.74) is 19.5. The molecule has 0 radical (unpaired) electrons. The summed E-state index contributed by atoms with van der Waals surface area (Å²) in [6, 6.07) is 6.92. The second-order valence-corrected chi connectivity index (χ2v) is 5.46. The van der Waals surface area contributed by atoms with Crippen molar-refractivity contribution >= 4 is 11.9 Å². The van der Waals surface area contributed by atoms with Crippen LogP contribution in [0.15, 0.2) is 59.6 Å². The number of likely N-dealkylation sites (N-methyl/N-ethyl adjacent to an activating group) is 1. The Bertz CT molecular complexity index is 652. The van der Waals surface area contributed by atoms with Crippen LogP contribution in [0.4, 0.5) is 0 Å². The molecule has 0 aliphatic carbocycles. The number of nitrogens with one attached hydrogen (secondary N) is 1. The van der Waals surface area contributed by atoms with E-state index in [2.05, 4.69) is 16.9 Å². The summed E-state index contributed by atoms with van der Waals surface area (Å²) >= 11 is 0. The molecule has 7 heteroatoms. The van der Waals surface area contributed by atoms with Crippen molar-refractivity contribution < 1.29 is 5.11 Å². The summed E-state index contributed by atoms with van der Waals surface area (Å²) in [5.74, 6) is 0.638. The van der Waals surface area contributed by atoms with Crippen LogP contribution in [-0.2, 0) is 0 Å². The normalized spacial score (nSPS) is 12.1. The van der Waals surface area contributed by atoms with Crippen LogP contribution >= 0.6 is 0 Å². The highest BCUT2D eigenvalue weighted by molar-refractivity contribution is 5.69. The van der Waals surface area contributed by atoms with Gasteiger partial charge in [-0.2, -0.15) is 0 Å². The topological polar surface area (TPSA) is 126 Å². The fourth-order valence-electron chi connectivity index (χ4n) is 2.19. The van der Waals surface area contributed by atoms with Gasteiger partial charge < -0.3 is 32.5 Å². The largest absolute Gasteiger partial charge is 0.507 e. The number of hydrogen-bond acceptors (Lipinski definition) is 7. The minimum Gasteiger partial charge on any atom is -0.507 e. The van der Waals surface area contributed by atoms with Crippen LogP contribution < -0.4 is 22.5 Å². The Hall–Kier alpha value is -2.93. The van der Waals surface area contributed by atoms with Crippen molar-refractivity contribution in [2.75, 3.05) is 26.7 Å². The van der Waals surface area contributed by atoms with Gasteiger partial charge in [0.15, 0.2) is 0 Å². The first-order chi connectivity index (χ1) is 13.0. The van der Waals surface area contributed by atoms with E-state index in [1.54, 1.807) is 31.3 Å². The van der Waals surface area contributed by atoms with Crippen molar-refractivity contribution in [3.63, 3.8) is 0 Å². The fourth-order valence-corrected chi connectivity index (χ4v) is 2.19. The van der Waals surface area contributed by atoms with E-state index in [0.717, 1.165) is 18.7 Å². The van der Waals surface area contributed by atoms with Gasteiger partial charge in [0.05, 0.1) is 5.70 Å². The maximum absolute atomic E-state index is 9.87. The number of benzene rings is 1. The number of hydrogen-bond donors (Lipinski definition) is 5. The Morgan fingerprint density at radius 2 is 1.96 bits per heavy atom. The van der Waals surface area contributed by atoms with Crippen molar-refractivity contribution in [3.8, 4) is 5.75 Å². The quantitative estimate of drug-likeness (QED) is 0.332. The van der Waals surface area contributed by atoms with Gasteiger partial charge in [-0.05, 0) is 31.6 Å². The summed E-state index contributed by atoms with van der Waals surface area (Å²) in [6.45, 7) is 9.38. The molecule has 0 bridgehead atoms. The van der Waals surface area contributed by atoms with Crippen LogP contribution in [0.3, 0.4) is 0 Å². The SMILES string of the molecule is C=CN=CCC.CCN(CCN)C(/C=C(\N)c1ccccc1O)=C(/N)NC. The van der Waals surface area contributed by atoms with Gasteiger partial charge >= 0.3 is 0 Å². The summed E-state index contributed by atoms with van der Waals surface area (Å²) in [5, 5.41) is 12.8. The van der Waals surface area contributed by atoms with Crippen LogP contribution in [0, 0.1) is 0 Å². The summed E-state index contributed by atoms with van der Waals surface area (Å²) in [6.07, 6.45) is 6.09. The van der Waals surface area contributed by atoms with Crippen molar-refractivity contribution in [2.45, 2.75) is 20.3 Å². The molecule has 0 spiro atoms. The van der Waals surface area contributed by atoms with Gasteiger partial charge in [-0.15, -0.1) is 0 Å². The Labute approximate surface area is 162 Å². The Balaban J connectivity index is 0.000000972. The van der Waals surface area contributed by atoms with Gasteiger partial charge in [-0.25, -0.2) is 0 Å². The molecule has 0 aromatic heterocycles. The third-order valence-corrected chi connectivity index (χ3v) is 3.57. The molecule has 150 valence electrons. The molecule has 7 nitrogen and oxygen atoms in total. The zero-order chi connectivity index (χ0) is 20.7. The molecule has 0 atom stereocenters. The number of phenols is 1. The molecular formula is C20H34N6O. The highest BCUT2D eigenvalue weighted by Crippen LogP contribution is 2.23. The van der Waals surface area contributed by atoms with E-state index in [0.29, 0.717) is 30.2 Å². The lowest BCUT2D eigenvalue weighted by molar-refractivity contribution is 0.377. The number of rotatable bonds is 9. The standard InChI is InChI=1S/C15H25N5O.C5H9N/c1-3-20(9-8-16)13(15(18)19-2)10-12(17)11-6-4-5-7-14(11)21;1-3-5-6-4-2/h4-7,10,19,21H,3,8-9,16-18H2,1-2H3;4-5H,2-3H2,1H3/b12-10-,15-13-;. The maximum Gasteiger partial charge on any atom is 0.124 e. The first-order valence-electron chi connectivity index (χ1n) is 8.97. The zero-order valence-corrected chi connectivity index (χ0v) is 16.7. The van der Waals surface area contributed by atoms with E-state index in [1.807, 2.05) is 31.0 Å². The molecule has 0 heterocycles. The lowest BCUT2D eigenvalue weighted by Gasteiger charge is -2.25. The Kier molecular flexibility index (Phi) is 12.7. The van der Waals surface area contributed by atoms with Crippen molar-refractivity contribution in [3.05, 3.63) is 60.2 Å². The van der Waals surface area contributed by atoms with E-state index in [1.165, 1.54) is 6.20 Å². The average Bonchev–Trinajstić information content (AvgIpc) is 2.69. The number of aliphatic imine (C=N–C) groups is 1. The number of aromatic hydroxyl groups is 1. The molecule has 8 N–H and O–H groups in total. The predicted molar refractivity (Wildman–Crippen MR) is 116 cm³/mol. The number of phenolic OH excluding ortho intramolecular Hbond substituents is 1. The van der Waals surface area contributed by atoms with E-state index < -0.39 is 0 Å². The maximum atomic E-state index is 9.87. The summed E-state index contributed by atoms with van der Waals surface area (Å²) < 4.78 is 0. The number of nitrogens with two attached hydrogens (primary N) is 3. The van der Waals surface area contributed by atoms with Crippen molar-refractivity contribution in [1.82, 2.24) is 10.2 Å². The molecule has 1 aromatic carbocycles. The van der Waals surface area contributed by atoms with E-state index >= 15 is 0 Å². The lowest BCUT2D eigenvalue weighted by Crippen LogP contribution is -2.33. The molecule has 1 rings (SSSR count). The predicted octanol–water partition coefficient (Wildman–Crippen LogP) is 1.93. The number of allylic oxidation sites excluding steroid dienone is 1. The molecule has 0 saturated heterocycles. The van der Waals surface area contributed by atoms with Gasteiger partial charge in [0.2, 0.25) is 0 Å². The first-order valence-corrected chi connectivity index (χ1v) is 8.97. The minimum absolute atomic E-state index is 0.135.